The number of amides is 1. The van der Waals surface area contributed by atoms with Crippen LogP contribution in [0, 0.1) is 0 Å². The van der Waals surface area contributed by atoms with Crippen molar-refractivity contribution in [2.75, 3.05) is 13.7 Å². The van der Waals surface area contributed by atoms with Gasteiger partial charge >= 0.3 is 0 Å². The number of benzene rings is 1. The first-order chi connectivity index (χ1) is 7.69. The van der Waals surface area contributed by atoms with Gasteiger partial charge in [0.25, 0.3) is 0 Å². The molecule has 0 bridgehead atoms. The molecule has 1 heterocycles. The molecular weight excluding hydrogens is 202 g/mol. The zero-order valence-corrected chi connectivity index (χ0v) is 9.56. The maximum absolute atomic E-state index is 11.5. The maximum atomic E-state index is 11.5. The average Bonchev–Trinajstić information content (AvgIpc) is 2.59. The predicted molar refractivity (Wildman–Crippen MR) is 62.2 cm³/mol. The van der Waals surface area contributed by atoms with E-state index in [9.17, 15) is 4.79 Å². The van der Waals surface area contributed by atoms with Gasteiger partial charge < -0.3 is 9.64 Å². The van der Waals surface area contributed by atoms with Gasteiger partial charge in [-0.15, -0.1) is 0 Å². The fraction of sp³-hybridized carbons (Fsp3) is 0.308. The third-order valence-electron chi connectivity index (χ3n) is 2.65. The van der Waals surface area contributed by atoms with Gasteiger partial charge in [-0.1, -0.05) is 12.1 Å². The van der Waals surface area contributed by atoms with Crippen LogP contribution in [0.25, 0.3) is 0 Å². The van der Waals surface area contributed by atoms with Crippen LogP contribution in [0.3, 0.4) is 0 Å². The molecule has 3 nitrogen and oxygen atoms in total. The first kappa shape index (κ1) is 10.7. The van der Waals surface area contributed by atoms with Gasteiger partial charge in [0.15, 0.2) is 0 Å². The van der Waals surface area contributed by atoms with Crippen LogP contribution in [0.2, 0.25) is 0 Å². The van der Waals surface area contributed by atoms with E-state index < -0.39 is 0 Å². The van der Waals surface area contributed by atoms with Gasteiger partial charge in [-0.2, -0.15) is 0 Å². The van der Waals surface area contributed by atoms with Gasteiger partial charge in [0.1, 0.15) is 5.75 Å². The number of carbonyl (C=O) groups is 1. The van der Waals surface area contributed by atoms with Crippen LogP contribution in [-0.4, -0.2) is 24.5 Å². The Labute approximate surface area is 95.3 Å². The van der Waals surface area contributed by atoms with Gasteiger partial charge in [0.2, 0.25) is 5.91 Å². The Balaban J connectivity index is 2.02. The topological polar surface area (TPSA) is 29.5 Å². The molecule has 0 unspecified atom stereocenters. The summed E-state index contributed by atoms with van der Waals surface area (Å²) in [6.45, 7) is 3.38. The number of carbonyl (C=O) groups excluding carboxylic acids is 1. The van der Waals surface area contributed by atoms with Gasteiger partial charge in [-0.05, 0) is 30.2 Å². The molecule has 1 amide bonds. The van der Waals surface area contributed by atoms with E-state index in [0.717, 1.165) is 23.4 Å². The molecule has 3 heteroatoms. The number of hydrogen-bond donors (Lipinski definition) is 0. The van der Waals surface area contributed by atoms with Gasteiger partial charge in [0, 0.05) is 19.2 Å². The van der Waals surface area contributed by atoms with Crippen LogP contribution in [0.5, 0.6) is 5.75 Å². The van der Waals surface area contributed by atoms with Crippen molar-refractivity contribution >= 4 is 5.91 Å². The fourth-order valence-electron chi connectivity index (χ4n) is 1.81. The SMILES string of the molecule is COc1ccc(CN2CC(C)=CC2=O)cc1. The summed E-state index contributed by atoms with van der Waals surface area (Å²) < 4.78 is 5.09. The maximum Gasteiger partial charge on any atom is 0.247 e. The second-order valence-electron chi connectivity index (χ2n) is 4.03. The van der Waals surface area contributed by atoms with Gasteiger partial charge in [0.05, 0.1) is 7.11 Å². The minimum absolute atomic E-state index is 0.105. The summed E-state index contributed by atoms with van der Waals surface area (Å²) >= 11 is 0. The lowest BCUT2D eigenvalue weighted by Gasteiger charge is -2.16. The molecule has 1 aliphatic rings. The van der Waals surface area contributed by atoms with Crippen molar-refractivity contribution in [3.8, 4) is 5.75 Å². The number of ether oxygens (including phenoxy) is 1. The molecule has 1 aromatic rings. The Morgan fingerprint density at radius 2 is 2.00 bits per heavy atom. The molecule has 0 radical (unpaired) electrons. The van der Waals surface area contributed by atoms with Crippen molar-refractivity contribution < 1.29 is 9.53 Å². The van der Waals surface area contributed by atoms with Crippen molar-refractivity contribution in [2.24, 2.45) is 0 Å². The summed E-state index contributed by atoms with van der Waals surface area (Å²) in [6.07, 6.45) is 1.70. The van der Waals surface area contributed by atoms with Gasteiger partial charge in [-0.3, -0.25) is 4.79 Å². The highest BCUT2D eigenvalue weighted by atomic mass is 16.5. The third kappa shape index (κ3) is 2.24. The standard InChI is InChI=1S/C13H15NO2/c1-10-7-13(15)14(8-10)9-11-3-5-12(16-2)6-4-11/h3-7H,8-9H2,1-2H3. The van der Waals surface area contributed by atoms with Crippen molar-refractivity contribution in [2.45, 2.75) is 13.5 Å². The van der Waals surface area contributed by atoms with Crippen molar-refractivity contribution in [3.63, 3.8) is 0 Å². The van der Waals surface area contributed by atoms with Crippen LogP contribution in [0.1, 0.15) is 12.5 Å². The zero-order chi connectivity index (χ0) is 11.5. The molecule has 1 aliphatic heterocycles. The molecule has 0 N–H and O–H groups in total. The summed E-state index contributed by atoms with van der Waals surface area (Å²) in [5, 5.41) is 0. The second kappa shape index (κ2) is 4.39. The van der Waals surface area contributed by atoms with E-state index in [1.807, 2.05) is 36.1 Å². The molecule has 84 valence electrons. The molecule has 0 spiro atoms. The molecule has 16 heavy (non-hydrogen) atoms. The van der Waals surface area contributed by atoms with E-state index in [4.69, 9.17) is 4.74 Å². The fourth-order valence-corrected chi connectivity index (χ4v) is 1.81. The predicted octanol–water partition coefficient (Wildman–Crippen LogP) is 1.98. The van der Waals surface area contributed by atoms with E-state index in [1.165, 1.54) is 0 Å². The van der Waals surface area contributed by atoms with Crippen molar-refractivity contribution in [1.82, 2.24) is 4.90 Å². The molecule has 0 aliphatic carbocycles. The summed E-state index contributed by atoms with van der Waals surface area (Å²) in [7, 11) is 1.65. The van der Waals surface area contributed by atoms with Crippen molar-refractivity contribution in [3.05, 3.63) is 41.5 Å². The van der Waals surface area contributed by atoms with E-state index >= 15 is 0 Å². The molecule has 0 atom stereocenters. The Kier molecular flexibility index (Phi) is 2.95. The van der Waals surface area contributed by atoms with Crippen LogP contribution < -0.4 is 4.74 Å². The minimum atomic E-state index is 0.105. The molecular formula is C13H15NO2. The average molecular weight is 217 g/mol. The first-order valence-corrected chi connectivity index (χ1v) is 5.28. The second-order valence-corrected chi connectivity index (χ2v) is 4.03. The Bertz CT molecular complexity index is 420. The number of rotatable bonds is 3. The summed E-state index contributed by atoms with van der Waals surface area (Å²) in [5.41, 5.74) is 2.25. The highest BCUT2D eigenvalue weighted by Gasteiger charge is 2.18. The summed E-state index contributed by atoms with van der Waals surface area (Å²) in [5.74, 6) is 0.944. The lowest BCUT2D eigenvalue weighted by molar-refractivity contribution is -0.125. The Morgan fingerprint density at radius 3 is 2.50 bits per heavy atom. The lowest BCUT2D eigenvalue weighted by atomic mass is 10.2. The van der Waals surface area contributed by atoms with Crippen LogP contribution >= 0.6 is 0 Å². The Hall–Kier alpha value is -1.77. The summed E-state index contributed by atoms with van der Waals surface area (Å²) in [6, 6.07) is 7.80. The molecule has 2 rings (SSSR count). The molecule has 0 aromatic heterocycles. The number of hydrogen-bond acceptors (Lipinski definition) is 2. The normalized spacial score (nSPS) is 15.2. The minimum Gasteiger partial charge on any atom is -0.497 e. The lowest BCUT2D eigenvalue weighted by Crippen LogP contribution is -2.25. The van der Waals surface area contributed by atoms with E-state index in [0.29, 0.717) is 6.54 Å². The van der Waals surface area contributed by atoms with E-state index in [-0.39, 0.29) is 5.91 Å². The van der Waals surface area contributed by atoms with Crippen LogP contribution in [0.15, 0.2) is 35.9 Å². The smallest absolute Gasteiger partial charge is 0.247 e. The number of nitrogens with zero attached hydrogens (tertiary/aromatic N) is 1. The van der Waals surface area contributed by atoms with Crippen LogP contribution in [0.4, 0.5) is 0 Å². The highest BCUT2D eigenvalue weighted by Crippen LogP contribution is 2.16. The quantitative estimate of drug-likeness (QED) is 0.774. The molecule has 0 saturated carbocycles. The summed E-state index contributed by atoms with van der Waals surface area (Å²) in [4.78, 5) is 13.4. The molecule has 1 aromatic carbocycles. The van der Waals surface area contributed by atoms with Gasteiger partial charge in [-0.25, -0.2) is 0 Å². The highest BCUT2D eigenvalue weighted by molar-refractivity contribution is 5.91. The first-order valence-electron chi connectivity index (χ1n) is 5.28. The zero-order valence-electron chi connectivity index (χ0n) is 9.56. The molecule has 0 saturated heterocycles. The van der Waals surface area contributed by atoms with Crippen molar-refractivity contribution in [1.29, 1.82) is 0 Å². The van der Waals surface area contributed by atoms with E-state index in [1.54, 1.807) is 13.2 Å². The monoisotopic (exact) mass is 217 g/mol. The molecule has 0 fully saturated rings. The third-order valence-corrected chi connectivity index (χ3v) is 2.65. The number of methoxy groups -OCH3 is 1. The van der Waals surface area contributed by atoms with Crippen LogP contribution in [-0.2, 0) is 11.3 Å². The Morgan fingerprint density at radius 1 is 1.31 bits per heavy atom. The largest absolute Gasteiger partial charge is 0.497 e. The van der Waals surface area contributed by atoms with E-state index in [2.05, 4.69) is 0 Å².